The smallest absolute Gasteiger partial charge is 0.275 e. The minimum atomic E-state index is -0.268. The predicted molar refractivity (Wildman–Crippen MR) is 114 cm³/mol. The summed E-state index contributed by atoms with van der Waals surface area (Å²) in [6, 6.07) is 16.7. The maximum absolute atomic E-state index is 12.8. The van der Waals surface area contributed by atoms with Gasteiger partial charge in [0, 0.05) is 5.39 Å². The van der Waals surface area contributed by atoms with E-state index in [1.54, 1.807) is 23.0 Å². The minimum absolute atomic E-state index is 0.0631. The molecule has 4 rings (SSSR count). The molecule has 0 radical (unpaired) electrons. The van der Waals surface area contributed by atoms with Gasteiger partial charge in [0.1, 0.15) is 6.54 Å². The van der Waals surface area contributed by atoms with Crippen molar-refractivity contribution in [2.45, 2.75) is 20.0 Å². The normalized spacial score (nSPS) is 10.7. The van der Waals surface area contributed by atoms with E-state index in [0.717, 1.165) is 11.4 Å². The second-order valence-corrected chi connectivity index (χ2v) is 6.73. The number of carbonyl (C=O) groups excluding carboxylic acids is 1. The number of rotatable bonds is 5. The first kappa shape index (κ1) is 19.2. The molecule has 30 heavy (non-hydrogen) atoms. The van der Waals surface area contributed by atoms with Crippen molar-refractivity contribution in [2.75, 3.05) is 0 Å². The maximum atomic E-state index is 12.8. The number of amides is 1. The quantitative estimate of drug-likeness (QED) is 0.525. The van der Waals surface area contributed by atoms with Crippen LogP contribution >= 0.6 is 0 Å². The van der Waals surface area contributed by atoms with Crippen molar-refractivity contribution >= 4 is 16.7 Å². The molecule has 2 aromatic heterocycles. The van der Waals surface area contributed by atoms with Gasteiger partial charge in [0.25, 0.3) is 11.5 Å². The van der Waals surface area contributed by atoms with E-state index in [1.807, 2.05) is 49.4 Å². The summed E-state index contributed by atoms with van der Waals surface area (Å²) in [5.74, 6) is 2.17. The standard InChI is InChI=1S/C23H19N5O2/c1-3-13-27-23(30)19-12-8-7-11-18(19)21(26-27)15-24-22(29)20-14-25-28(16(20)2)17-9-5-4-6-10-17/h1,4-12,14H,13,15H2,2H3,(H,24,29). The van der Waals surface area contributed by atoms with Crippen molar-refractivity contribution in [2.24, 2.45) is 0 Å². The van der Waals surface area contributed by atoms with Crippen LogP contribution in [0, 0.1) is 19.3 Å². The Hall–Kier alpha value is -4.18. The Morgan fingerprint density at radius 2 is 1.80 bits per heavy atom. The van der Waals surface area contributed by atoms with Gasteiger partial charge < -0.3 is 5.32 Å². The molecular formula is C23H19N5O2. The van der Waals surface area contributed by atoms with Crippen LogP contribution in [0.3, 0.4) is 0 Å². The summed E-state index contributed by atoms with van der Waals surface area (Å²) >= 11 is 0. The molecule has 0 fully saturated rings. The molecule has 0 unspecified atom stereocenters. The second-order valence-electron chi connectivity index (χ2n) is 6.73. The van der Waals surface area contributed by atoms with Gasteiger partial charge in [0.2, 0.25) is 0 Å². The van der Waals surface area contributed by atoms with Crippen molar-refractivity contribution in [1.82, 2.24) is 24.9 Å². The van der Waals surface area contributed by atoms with E-state index in [4.69, 9.17) is 6.42 Å². The molecule has 0 aliphatic rings. The van der Waals surface area contributed by atoms with Crippen LogP contribution < -0.4 is 10.9 Å². The van der Waals surface area contributed by atoms with Gasteiger partial charge in [-0.2, -0.15) is 10.2 Å². The lowest BCUT2D eigenvalue weighted by Crippen LogP contribution is -2.28. The zero-order chi connectivity index (χ0) is 21.1. The van der Waals surface area contributed by atoms with Crippen LogP contribution in [0.5, 0.6) is 0 Å². The van der Waals surface area contributed by atoms with Crippen molar-refractivity contribution in [3.63, 3.8) is 0 Å². The van der Waals surface area contributed by atoms with E-state index in [-0.39, 0.29) is 24.6 Å². The highest BCUT2D eigenvalue weighted by atomic mass is 16.2. The van der Waals surface area contributed by atoms with Crippen LogP contribution in [-0.2, 0) is 13.1 Å². The third kappa shape index (κ3) is 3.47. The van der Waals surface area contributed by atoms with Crippen LogP contribution in [-0.4, -0.2) is 25.5 Å². The number of benzene rings is 2. The molecule has 0 aliphatic heterocycles. The van der Waals surface area contributed by atoms with Crippen LogP contribution in [0.25, 0.3) is 16.5 Å². The molecule has 1 N–H and O–H groups in total. The van der Waals surface area contributed by atoms with Gasteiger partial charge in [-0.05, 0) is 25.1 Å². The van der Waals surface area contributed by atoms with Gasteiger partial charge in [-0.1, -0.05) is 42.3 Å². The Balaban J connectivity index is 1.62. The van der Waals surface area contributed by atoms with Gasteiger partial charge in [0.15, 0.2) is 0 Å². The van der Waals surface area contributed by atoms with Crippen LogP contribution in [0.2, 0.25) is 0 Å². The van der Waals surface area contributed by atoms with E-state index >= 15 is 0 Å². The van der Waals surface area contributed by atoms with E-state index in [0.29, 0.717) is 22.0 Å². The predicted octanol–water partition coefficient (Wildman–Crippen LogP) is 2.45. The molecular weight excluding hydrogens is 378 g/mol. The van der Waals surface area contributed by atoms with Gasteiger partial charge >= 0.3 is 0 Å². The van der Waals surface area contributed by atoms with Crippen molar-refractivity contribution in [3.05, 3.63) is 88.1 Å². The van der Waals surface area contributed by atoms with Gasteiger partial charge in [-0.25, -0.2) is 9.36 Å². The van der Waals surface area contributed by atoms with Gasteiger partial charge in [-0.15, -0.1) is 6.42 Å². The zero-order valence-electron chi connectivity index (χ0n) is 16.4. The van der Waals surface area contributed by atoms with Crippen molar-refractivity contribution in [1.29, 1.82) is 0 Å². The number of carbonyl (C=O) groups is 1. The van der Waals surface area contributed by atoms with Crippen LogP contribution in [0.1, 0.15) is 21.7 Å². The number of hydrogen-bond donors (Lipinski definition) is 1. The molecule has 0 saturated heterocycles. The fourth-order valence-corrected chi connectivity index (χ4v) is 3.35. The third-order valence-corrected chi connectivity index (χ3v) is 4.86. The molecule has 2 heterocycles. The lowest BCUT2D eigenvalue weighted by molar-refractivity contribution is 0.0949. The summed E-state index contributed by atoms with van der Waals surface area (Å²) in [6.07, 6.45) is 6.90. The number of aromatic nitrogens is 4. The highest BCUT2D eigenvalue weighted by Gasteiger charge is 2.16. The highest BCUT2D eigenvalue weighted by Crippen LogP contribution is 2.16. The summed E-state index contributed by atoms with van der Waals surface area (Å²) in [5.41, 5.74) is 2.40. The largest absolute Gasteiger partial charge is 0.346 e. The Morgan fingerprint density at radius 1 is 1.10 bits per heavy atom. The number of terminal acetylenes is 1. The SMILES string of the molecule is C#CCn1nc(CNC(=O)c2cnn(-c3ccccc3)c2C)c2ccccc2c1=O. The van der Waals surface area contributed by atoms with Crippen molar-refractivity contribution in [3.8, 4) is 18.0 Å². The lowest BCUT2D eigenvalue weighted by Gasteiger charge is -2.10. The molecule has 148 valence electrons. The highest BCUT2D eigenvalue weighted by molar-refractivity contribution is 5.95. The summed E-state index contributed by atoms with van der Waals surface area (Å²) in [7, 11) is 0. The molecule has 2 aromatic carbocycles. The Kier molecular flexibility index (Phi) is 5.14. The Morgan fingerprint density at radius 3 is 2.53 bits per heavy atom. The first-order valence-electron chi connectivity index (χ1n) is 9.40. The van der Waals surface area contributed by atoms with Gasteiger partial charge in [0.05, 0.1) is 40.8 Å². The lowest BCUT2D eigenvalue weighted by atomic mass is 10.1. The number of hydrogen-bond acceptors (Lipinski definition) is 4. The molecule has 0 spiro atoms. The molecule has 0 bridgehead atoms. The molecule has 1 amide bonds. The number of nitrogens with one attached hydrogen (secondary N) is 1. The fraction of sp³-hybridized carbons (Fsp3) is 0.130. The average Bonchev–Trinajstić information content (AvgIpc) is 3.17. The molecule has 7 heteroatoms. The van der Waals surface area contributed by atoms with Crippen molar-refractivity contribution < 1.29 is 4.79 Å². The first-order valence-corrected chi connectivity index (χ1v) is 9.40. The molecule has 0 saturated carbocycles. The average molecular weight is 397 g/mol. The van der Waals surface area contributed by atoms with E-state index in [9.17, 15) is 9.59 Å². The van der Waals surface area contributed by atoms with Crippen LogP contribution in [0.15, 0.2) is 65.6 Å². The summed E-state index contributed by atoms with van der Waals surface area (Å²) < 4.78 is 2.96. The molecule has 0 atom stereocenters. The van der Waals surface area contributed by atoms with E-state index in [1.165, 1.54) is 4.68 Å². The minimum Gasteiger partial charge on any atom is -0.346 e. The number of fused-ring (bicyclic) bond motifs is 1. The topological polar surface area (TPSA) is 81.8 Å². The molecule has 0 aliphatic carbocycles. The van der Waals surface area contributed by atoms with E-state index < -0.39 is 0 Å². The van der Waals surface area contributed by atoms with E-state index in [2.05, 4.69) is 21.4 Å². The number of para-hydroxylation sites is 1. The van der Waals surface area contributed by atoms with Gasteiger partial charge in [-0.3, -0.25) is 9.59 Å². The summed E-state index contributed by atoms with van der Waals surface area (Å²) in [6.45, 7) is 2.06. The summed E-state index contributed by atoms with van der Waals surface area (Å²) in [5, 5.41) is 12.8. The monoisotopic (exact) mass is 397 g/mol. The fourth-order valence-electron chi connectivity index (χ4n) is 3.35. The van der Waals surface area contributed by atoms with Crippen LogP contribution in [0.4, 0.5) is 0 Å². The molecule has 7 nitrogen and oxygen atoms in total. The summed E-state index contributed by atoms with van der Waals surface area (Å²) in [4.78, 5) is 25.3. The molecule has 4 aromatic rings. The Bertz CT molecular complexity index is 1330. The maximum Gasteiger partial charge on any atom is 0.275 e. The Labute approximate surface area is 173 Å². The second kappa shape index (κ2) is 8.05. The third-order valence-electron chi connectivity index (χ3n) is 4.86. The first-order chi connectivity index (χ1) is 14.6. The zero-order valence-corrected chi connectivity index (χ0v) is 16.4. The number of nitrogens with zero attached hydrogens (tertiary/aromatic N) is 4.